The van der Waals surface area contributed by atoms with Crippen LogP contribution in [0, 0.1) is 0 Å². The van der Waals surface area contributed by atoms with Crippen molar-refractivity contribution >= 4 is 58.0 Å². The molecule has 2 N–H and O–H groups in total. The first kappa shape index (κ1) is 25.1. The van der Waals surface area contributed by atoms with E-state index in [0.717, 1.165) is 0 Å². The molecule has 2 amide bonds. The topological polar surface area (TPSA) is 79.9 Å². The first-order valence-electron chi connectivity index (χ1n) is 9.55. The van der Waals surface area contributed by atoms with Crippen LogP contribution in [0.3, 0.4) is 0 Å². The number of rotatable bonds is 10. The average molecular weight is 489 g/mol. The Hall–Kier alpha value is -2.19. The third-order valence-electron chi connectivity index (χ3n) is 3.94. The van der Waals surface area contributed by atoms with Crippen LogP contribution in [-0.2, 0) is 9.59 Å². The van der Waals surface area contributed by atoms with Gasteiger partial charge in [0.05, 0.1) is 47.1 Å². The lowest BCUT2D eigenvalue weighted by molar-refractivity contribution is -0.119. The minimum absolute atomic E-state index is 0.000292. The molecule has 0 fully saturated rings. The van der Waals surface area contributed by atoms with Gasteiger partial charge in [0.1, 0.15) is 0 Å². The van der Waals surface area contributed by atoms with Crippen LogP contribution in [0.25, 0.3) is 0 Å². The van der Waals surface area contributed by atoms with E-state index >= 15 is 0 Å². The molecule has 0 radical (unpaired) electrons. The Morgan fingerprint density at radius 3 is 2.06 bits per heavy atom. The van der Waals surface area contributed by atoms with Crippen LogP contribution in [0.1, 0.15) is 13.8 Å². The highest BCUT2D eigenvalue weighted by Crippen LogP contribution is 2.32. The first-order chi connectivity index (χ1) is 14.7. The molecule has 0 spiro atoms. The molecule has 0 saturated heterocycles. The number of ether oxygens (including phenoxy) is 2. The van der Waals surface area contributed by atoms with E-state index in [0.29, 0.717) is 41.1 Å². The largest absolute Gasteiger partial charge is 0.490 e. The molecule has 168 valence electrons. The number of nitrogens with one attached hydrogen (secondary N) is 2. The molecular weight excluding hydrogens is 465 g/mol. The molecule has 0 saturated carbocycles. The predicted octanol–water partition coefficient (Wildman–Crippen LogP) is 4.95. The molecule has 0 atom stereocenters. The highest BCUT2D eigenvalue weighted by Gasteiger charge is 2.14. The first-order valence-corrected chi connectivity index (χ1v) is 10.7. The molecule has 0 aliphatic carbocycles. The van der Waals surface area contributed by atoms with Crippen molar-refractivity contribution in [1.82, 2.24) is 4.90 Å². The number of carbonyl (C=O) groups excluding carboxylic acids is 2. The monoisotopic (exact) mass is 487 g/mol. The van der Waals surface area contributed by atoms with Crippen molar-refractivity contribution in [3.8, 4) is 11.5 Å². The van der Waals surface area contributed by atoms with Crippen LogP contribution in [0.2, 0.25) is 15.1 Å². The third kappa shape index (κ3) is 7.78. The summed E-state index contributed by atoms with van der Waals surface area (Å²) < 4.78 is 11.1. The zero-order chi connectivity index (χ0) is 23.0. The van der Waals surface area contributed by atoms with Crippen LogP contribution in [0.15, 0.2) is 30.3 Å². The van der Waals surface area contributed by atoms with Gasteiger partial charge in [-0.15, -0.1) is 0 Å². The molecule has 7 nitrogen and oxygen atoms in total. The van der Waals surface area contributed by atoms with E-state index in [1.54, 1.807) is 30.1 Å². The average Bonchev–Trinajstić information content (AvgIpc) is 2.68. The van der Waals surface area contributed by atoms with Crippen LogP contribution in [0.5, 0.6) is 11.5 Å². The maximum Gasteiger partial charge on any atom is 0.238 e. The van der Waals surface area contributed by atoms with Crippen molar-refractivity contribution < 1.29 is 19.1 Å². The van der Waals surface area contributed by atoms with Crippen molar-refractivity contribution in [1.29, 1.82) is 0 Å². The van der Waals surface area contributed by atoms with Crippen LogP contribution in [0.4, 0.5) is 11.4 Å². The van der Waals surface area contributed by atoms with Gasteiger partial charge >= 0.3 is 0 Å². The smallest absolute Gasteiger partial charge is 0.238 e. The summed E-state index contributed by atoms with van der Waals surface area (Å²) >= 11 is 17.9. The van der Waals surface area contributed by atoms with E-state index in [-0.39, 0.29) is 34.9 Å². The summed E-state index contributed by atoms with van der Waals surface area (Å²) in [6.07, 6.45) is 0. The van der Waals surface area contributed by atoms with Gasteiger partial charge in [0, 0.05) is 11.8 Å². The second kappa shape index (κ2) is 12.0. The fourth-order valence-corrected chi connectivity index (χ4v) is 3.28. The second-order valence-corrected chi connectivity index (χ2v) is 7.76. The van der Waals surface area contributed by atoms with Gasteiger partial charge in [-0.3, -0.25) is 14.5 Å². The molecular formula is C21H24Cl3N3O4. The lowest BCUT2D eigenvalue weighted by atomic mass is 10.2. The third-order valence-corrected chi connectivity index (χ3v) is 4.97. The molecule has 0 aromatic heterocycles. The number of hydrogen-bond acceptors (Lipinski definition) is 5. The molecule has 0 unspecified atom stereocenters. The lowest BCUT2D eigenvalue weighted by Gasteiger charge is -2.17. The normalized spacial score (nSPS) is 10.7. The Bertz CT molecular complexity index is 940. The van der Waals surface area contributed by atoms with E-state index in [1.807, 2.05) is 13.8 Å². The van der Waals surface area contributed by atoms with Gasteiger partial charge in [-0.25, -0.2) is 0 Å². The molecule has 2 rings (SSSR count). The van der Waals surface area contributed by atoms with Crippen molar-refractivity contribution in [3.05, 3.63) is 45.4 Å². The number of likely N-dealkylation sites (N-methyl/N-ethyl adjacent to an activating group) is 1. The number of hydrogen-bond donors (Lipinski definition) is 2. The highest BCUT2D eigenvalue weighted by atomic mass is 35.5. The lowest BCUT2D eigenvalue weighted by Crippen LogP contribution is -2.36. The van der Waals surface area contributed by atoms with Gasteiger partial charge in [0.2, 0.25) is 11.8 Å². The minimum Gasteiger partial charge on any atom is -0.490 e. The number of anilines is 2. The van der Waals surface area contributed by atoms with E-state index in [2.05, 4.69) is 10.6 Å². The van der Waals surface area contributed by atoms with Crippen LogP contribution >= 0.6 is 34.8 Å². The number of halogens is 3. The Labute approximate surface area is 196 Å². The van der Waals surface area contributed by atoms with Gasteiger partial charge in [-0.2, -0.15) is 0 Å². The molecule has 2 aromatic carbocycles. The fraction of sp³-hybridized carbons (Fsp3) is 0.333. The zero-order valence-electron chi connectivity index (χ0n) is 17.4. The van der Waals surface area contributed by atoms with Gasteiger partial charge in [0.25, 0.3) is 0 Å². The fourth-order valence-electron chi connectivity index (χ4n) is 2.68. The Kier molecular flexibility index (Phi) is 9.71. The molecule has 0 aliphatic rings. The maximum atomic E-state index is 12.4. The summed E-state index contributed by atoms with van der Waals surface area (Å²) in [5, 5.41) is 6.27. The van der Waals surface area contributed by atoms with Crippen molar-refractivity contribution in [2.24, 2.45) is 0 Å². The number of amides is 2. The summed E-state index contributed by atoms with van der Waals surface area (Å²) in [4.78, 5) is 26.2. The van der Waals surface area contributed by atoms with Crippen molar-refractivity contribution in [2.75, 3.05) is 44.0 Å². The molecule has 31 heavy (non-hydrogen) atoms. The molecule has 0 aliphatic heterocycles. The number of benzene rings is 2. The van der Waals surface area contributed by atoms with E-state index in [4.69, 9.17) is 44.3 Å². The second-order valence-electron chi connectivity index (χ2n) is 6.54. The van der Waals surface area contributed by atoms with E-state index in [1.165, 1.54) is 12.1 Å². The summed E-state index contributed by atoms with van der Waals surface area (Å²) in [6, 6.07) is 8.09. The zero-order valence-corrected chi connectivity index (χ0v) is 19.7. The van der Waals surface area contributed by atoms with Gasteiger partial charge < -0.3 is 20.1 Å². The molecule has 10 heteroatoms. The summed E-state index contributed by atoms with van der Waals surface area (Å²) in [6.45, 7) is 4.69. The molecule has 2 aromatic rings. The predicted molar refractivity (Wildman–Crippen MR) is 125 cm³/mol. The highest BCUT2D eigenvalue weighted by molar-refractivity contribution is 6.44. The SMILES string of the molecule is CCOc1ccc(NC(=O)CN(C)CC(=O)Nc2cc(Cl)c(Cl)cc2Cl)cc1OCC. The van der Waals surface area contributed by atoms with E-state index in [9.17, 15) is 9.59 Å². The van der Waals surface area contributed by atoms with Gasteiger partial charge in [0.15, 0.2) is 11.5 Å². The van der Waals surface area contributed by atoms with Crippen molar-refractivity contribution in [3.63, 3.8) is 0 Å². The maximum absolute atomic E-state index is 12.4. The van der Waals surface area contributed by atoms with Crippen LogP contribution < -0.4 is 20.1 Å². The quantitative estimate of drug-likeness (QED) is 0.462. The molecule has 0 heterocycles. The number of carbonyl (C=O) groups is 2. The number of nitrogens with zero attached hydrogens (tertiary/aromatic N) is 1. The van der Waals surface area contributed by atoms with E-state index < -0.39 is 0 Å². The minimum atomic E-state index is -0.352. The Morgan fingerprint density at radius 1 is 0.839 bits per heavy atom. The summed E-state index contributed by atoms with van der Waals surface area (Å²) in [7, 11) is 1.65. The van der Waals surface area contributed by atoms with Gasteiger partial charge in [-0.05, 0) is 45.2 Å². The summed E-state index contributed by atoms with van der Waals surface area (Å²) in [5.41, 5.74) is 0.911. The Balaban J connectivity index is 1.91. The van der Waals surface area contributed by atoms with Gasteiger partial charge in [-0.1, -0.05) is 34.8 Å². The Morgan fingerprint density at radius 2 is 1.42 bits per heavy atom. The summed E-state index contributed by atoms with van der Waals surface area (Å²) in [5.74, 6) is 0.523. The van der Waals surface area contributed by atoms with Crippen molar-refractivity contribution in [2.45, 2.75) is 13.8 Å². The van der Waals surface area contributed by atoms with Crippen LogP contribution in [-0.4, -0.2) is 50.1 Å². The standard InChI is InChI=1S/C21H24Cl3N3O4/c1-4-30-18-7-6-13(8-19(18)31-5-2)25-20(28)11-27(3)12-21(29)26-17-10-15(23)14(22)9-16(17)24/h6-10H,4-5,11-12H2,1-3H3,(H,25,28)(H,26,29). The molecule has 0 bridgehead atoms.